The summed E-state index contributed by atoms with van der Waals surface area (Å²) in [6.07, 6.45) is 3.02. The molecule has 2 aromatic rings. The molecule has 2 amide bonds. The minimum Gasteiger partial charge on any atom is -0.494 e. The molecular formula is C21H23N3O5. The second-order valence-corrected chi connectivity index (χ2v) is 5.62. The van der Waals surface area contributed by atoms with E-state index in [-0.39, 0.29) is 0 Å². The van der Waals surface area contributed by atoms with Gasteiger partial charge in [0.25, 0.3) is 0 Å². The van der Waals surface area contributed by atoms with Crippen LogP contribution in [-0.4, -0.2) is 38.4 Å². The number of hydrogen-bond donors (Lipinski definition) is 2. The zero-order chi connectivity index (χ0) is 21.1. The first-order valence-corrected chi connectivity index (χ1v) is 8.86. The van der Waals surface area contributed by atoms with Crippen LogP contribution in [0.3, 0.4) is 0 Å². The van der Waals surface area contributed by atoms with Crippen LogP contribution in [0.1, 0.15) is 12.5 Å². The van der Waals surface area contributed by atoms with Crippen LogP contribution in [0.15, 0.2) is 60.2 Å². The number of rotatable bonds is 9. The van der Waals surface area contributed by atoms with Crippen molar-refractivity contribution in [2.45, 2.75) is 6.92 Å². The lowest BCUT2D eigenvalue weighted by Crippen LogP contribution is -2.32. The number of hydrogen-bond acceptors (Lipinski definition) is 6. The number of nitrogens with zero attached hydrogens (tertiary/aromatic N) is 1. The van der Waals surface area contributed by atoms with E-state index in [1.165, 1.54) is 13.3 Å². The van der Waals surface area contributed by atoms with Crippen LogP contribution in [0.25, 0.3) is 0 Å². The quantitative estimate of drug-likeness (QED) is 0.293. The number of benzene rings is 2. The van der Waals surface area contributed by atoms with Crippen molar-refractivity contribution in [1.82, 2.24) is 5.43 Å². The van der Waals surface area contributed by atoms with Crippen molar-refractivity contribution < 1.29 is 23.8 Å². The van der Waals surface area contributed by atoms with Crippen LogP contribution in [0.2, 0.25) is 0 Å². The molecule has 0 spiro atoms. The second-order valence-electron chi connectivity index (χ2n) is 5.62. The van der Waals surface area contributed by atoms with Crippen molar-refractivity contribution in [2.24, 2.45) is 5.10 Å². The molecule has 0 fully saturated rings. The topological polar surface area (TPSA) is 98.2 Å². The Morgan fingerprint density at radius 2 is 1.83 bits per heavy atom. The summed E-state index contributed by atoms with van der Waals surface area (Å²) in [5.74, 6) is 0.0136. The third-order valence-corrected chi connectivity index (χ3v) is 3.55. The standard InChI is InChI=1S/C21H23N3O5/c1-4-12-29-18-11-6-15(13-19(18)27-3)14-22-24-21(26)20(25)23-16-7-9-17(10-8-16)28-5-2/h4,6-11,13-14H,1,5,12H2,2-3H3,(H,23,25)(H,24,26). The predicted octanol–water partition coefficient (Wildman–Crippen LogP) is 2.75. The van der Waals surface area contributed by atoms with Crippen LogP contribution >= 0.6 is 0 Å². The van der Waals surface area contributed by atoms with Crippen molar-refractivity contribution in [3.05, 3.63) is 60.7 Å². The third-order valence-electron chi connectivity index (χ3n) is 3.55. The number of carbonyl (C=O) groups is 2. The third kappa shape index (κ3) is 6.69. The van der Waals surface area contributed by atoms with Gasteiger partial charge in [-0.2, -0.15) is 5.10 Å². The molecule has 29 heavy (non-hydrogen) atoms. The van der Waals surface area contributed by atoms with Crippen LogP contribution in [0.5, 0.6) is 17.2 Å². The van der Waals surface area contributed by atoms with Crippen LogP contribution in [0, 0.1) is 0 Å². The molecule has 8 nitrogen and oxygen atoms in total. The molecule has 0 bridgehead atoms. The van der Waals surface area contributed by atoms with Gasteiger partial charge in [-0.1, -0.05) is 12.7 Å². The molecule has 0 atom stereocenters. The molecule has 0 heterocycles. The first kappa shape index (κ1) is 21.5. The molecule has 0 aliphatic heterocycles. The van der Waals surface area contributed by atoms with Crippen molar-refractivity contribution in [3.63, 3.8) is 0 Å². The van der Waals surface area contributed by atoms with Gasteiger partial charge in [0, 0.05) is 5.69 Å². The van der Waals surface area contributed by atoms with Crippen molar-refractivity contribution in [3.8, 4) is 17.2 Å². The molecule has 152 valence electrons. The number of anilines is 1. The molecule has 0 saturated carbocycles. The summed E-state index contributed by atoms with van der Waals surface area (Å²) < 4.78 is 16.0. The summed E-state index contributed by atoms with van der Waals surface area (Å²) in [4.78, 5) is 23.8. The number of carbonyl (C=O) groups excluding carboxylic acids is 2. The highest BCUT2D eigenvalue weighted by Crippen LogP contribution is 2.27. The average Bonchev–Trinajstić information content (AvgIpc) is 2.74. The van der Waals surface area contributed by atoms with E-state index in [2.05, 4.69) is 22.4 Å². The molecule has 2 rings (SSSR count). The second kappa shape index (κ2) is 11.1. The van der Waals surface area contributed by atoms with E-state index in [4.69, 9.17) is 14.2 Å². The molecule has 0 aliphatic rings. The van der Waals surface area contributed by atoms with Crippen LogP contribution < -0.4 is 25.0 Å². The van der Waals surface area contributed by atoms with Crippen molar-refractivity contribution in [2.75, 3.05) is 25.6 Å². The predicted molar refractivity (Wildman–Crippen MR) is 111 cm³/mol. The van der Waals surface area contributed by atoms with E-state index in [1.807, 2.05) is 6.92 Å². The Balaban J connectivity index is 1.91. The molecular weight excluding hydrogens is 374 g/mol. The lowest BCUT2D eigenvalue weighted by atomic mass is 10.2. The Labute approximate surface area is 169 Å². The maximum atomic E-state index is 11.9. The van der Waals surface area contributed by atoms with Gasteiger partial charge in [-0.3, -0.25) is 9.59 Å². The number of ether oxygens (including phenoxy) is 3. The van der Waals surface area contributed by atoms with Gasteiger partial charge in [-0.05, 0) is 55.0 Å². The normalized spacial score (nSPS) is 10.3. The van der Waals surface area contributed by atoms with E-state index in [1.54, 1.807) is 48.5 Å². The van der Waals surface area contributed by atoms with E-state index >= 15 is 0 Å². The summed E-state index contributed by atoms with van der Waals surface area (Å²) in [6, 6.07) is 11.8. The average molecular weight is 397 g/mol. The fourth-order valence-electron chi connectivity index (χ4n) is 2.24. The summed E-state index contributed by atoms with van der Waals surface area (Å²) >= 11 is 0. The molecule has 8 heteroatoms. The largest absolute Gasteiger partial charge is 0.494 e. The molecule has 0 saturated heterocycles. The van der Waals surface area contributed by atoms with Gasteiger partial charge in [0.15, 0.2) is 11.5 Å². The van der Waals surface area contributed by atoms with Gasteiger partial charge < -0.3 is 19.5 Å². The zero-order valence-electron chi connectivity index (χ0n) is 16.3. The maximum Gasteiger partial charge on any atom is 0.329 e. The fourth-order valence-corrected chi connectivity index (χ4v) is 2.24. The molecule has 0 unspecified atom stereocenters. The highest BCUT2D eigenvalue weighted by molar-refractivity contribution is 6.39. The van der Waals surface area contributed by atoms with Gasteiger partial charge in [-0.15, -0.1) is 0 Å². The van der Waals surface area contributed by atoms with E-state index < -0.39 is 11.8 Å². The Hall–Kier alpha value is -3.81. The van der Waals surface area contributed by atoms with Crippen molar-refractivity contribution >= 4 is 23.7 Å². The van der Waals surface area contributed by atoms with Gasteiger partial charge in [0.05, 0.1) is 19.9 Å². The summed E-state index contributed by atoms with van der Waals surface area (Å²) in [6.45, 7) is 6.36. The van der Waals surface area contributed by atoms with Crippen molar-refractivity contribution in [1.29, 1.82) is 0 Å². The Morgan fingerprint density at radius 1 is 1.07 bits per heavy atom. The lowest BCUT2D eigenvalue weighted by molar-refractivity contribution is -0.136. The maximum absolute atomic E-state index is 11.9. The zero-order valence-corrected chi connectivity index (χ0v) is 16.3. The van der Waals surface area contributed by atoms with Gasteiger partial charge in [0.1, 0.15) is 12.4 Å². The SMILES string of the molecule is C=CCOc1ccc(C=NNC(=O)C(=O)Nc2ccc(OCC)cc2)cc1OC. The number of amides is 2. The van der Waals surface area contributed by atoms with E-state index in [0.29, 0.717) is 41.7 Å². The number of hydrazone groups is 1. The smallest absolute Gasteiger partial charge is 0.329 e. The monoisotopic (exact) mass is 397 g/mol. The van der Waals surface area contributed by atoms with Crippen LogP contribution in [0.4, 0.5) is 5.69 Å². The summed E-state index contributed by atoms with van der Waals surface area (Å²) in [5, 5.41) is 6.27. The molecule has 2 aromatic carbocycles. The molecule has 2 N–H and O–H groups in total. The summed E-state index contributed by atoms with van der Waals surface area (Å²) in [7, 11) is 1.52. The lowest BCUT2D eigenvalue weighted by Gasteiger charge is -2.09. The van der Waals surface area contributed by atoms with Crippen LogP contribution in [-0.2, 0) is 9.59 Å². The van der Waals surface area contributed by atoms with Gasteiger partial charge >= 0.3 is 11.8 Å². The molecule has 0 aromatic heterocycles. The first-order valence-electron chi connectivity index (χ1n) is 8.86. The first-order chi connectivity index (χ1) is 14.1. The summed E-state index contributed by atoms with van der Waals surface area (Å²) in [5.41, 5.74) is 3.30. The highest BCUT2D eigenvalue weighted by atomic mass is 16.5. The molecule has 0 radical (unpaired) electrons. The fraction of sp³-hybridized carbons (Fsp3) is 0.190. The number of nitrogens with one attached hydrogen (secondary N) is 2. The van der Waals surface area contributed by atoms with Gasteiger partial charge in [-0.25, -0.2) is 5.43 Å². The number of methoxy groups -OCH3 is 1. The minimum absolute atomic E-state index is 0.351. The minimum atomic E-state index is -0.895. The Kier molecular flexibility index (Phi) is 8.25. The highest BCUT2D eigenvalue weighted by Gasteiger charge is 2.13. The Bertz CT molecular complexity index is 878. The Morgan fingerprint density at radius 3 is 2.48 bits per heavy atom. The van der Waals surface area contributed by atoms with E-state index in [0.717, 1.165) is 0 Å². The van der Waals surface area contributed by atoms with E-state index in [9.17, 15) is 9.59 Å². The molecule has 0 aliphatic carbocycles. The van der Waals surface area contributed by atoms with Gasteiger partial charge in [0.2, 0.25) is 0 Å².